The molecule has 1 saturated heterocycles. The third kappa shape index (κ3) is 4.15. The quantitative estimate of drug-likeness (QED) is 0.833. The highest BCUT2D eigenvalue weighted by Crippen LogP contribution is 2.25. The number of carboxylic acids is 1. The molecule has 2 aromatic rings. The van der Waals surface area contributed by atoms with Crippen molar-refractivity contribution in [2.75, 3.05) is 20.2 Å². The smallest absolute Gasteiger partial charge is 0.339 e. The van der Waals surface area contributed by atoms with Gasteiger partial charge in [-0.2, -0.15) is 0 Å². The molecule has 1 aromatic carbocycles. The molecule has 1 aliphatic rings. The number of aromatic carboxylic acids is 1. The van der Waals surface area contributed by atoms with E-state index in [2.05, 4.69) is 9.88 Å². The number of ether oxygens (including phenoxy) is 1. The van der Waals surface area contributed by atoms with Gasteiger partial charge in [-0.3, -0.25) is 9.88 Å². The number of hydrogen-bond acceptors (Lipinski definition) is 5. The number of rotatable bonds is 6. The van der Waals surface area contributed by atoms with Gasteiger partial charge in [0.2, 0.25) is 0 Å². The van der Waals surface area contributed by atoms with Crippen LogP contribution in [0.25, 0.3) is 0 Å². The first kappa shape index (κ1) is 17.4. The number of aliphatic hydroxyl groups is 1. The summed E-state index contributed by atoms with van der Waals surface area (Å²) in [6, 6.07) is 11.0. The van der Waals surface area contributed by atoms with E-state index in [1.165, 1.54) is 7.11 Å². The molecule has 0 radical (unpaired) electrons. The molecule has 132 valence electrons. The molecule has 0 bridgehead atoms. The molecule has 3 rings (SSSR count). The first-order valence-corrected chi connectivity index (χ1v) is 8.27. The van der Waals surface area contributed by atoms with E-state index < -0.39 is 12.1 Å². The summed E-state index contributed by atoms with van der Waals surface area (Å²) >= 11 is 0. The highest BCUT2D eigenvalue weighted by Gasteiger charge is 2.31. The van der Waals surface area contributed by atoms with E-state index in [1.807, 2.05) is 24.3 Å². The number of carbonyl (C=O) groups is 1. The fourth-order valence-electron chi connectivity index (χ4n) is 3.34. The lowest BCUT2D eigenvalue weighted by Gasteiger charge is -2.16. The number of aromatic nitrogens is 1. The van der Waals surface area contributed by atoms with Gasteiger partial charge >= 0.3 is 5.97 Å². The van der Waals surface area contributed by atoms with Crippen LogP contribution in [0, 0.1) is 5.92 Å². The normalized spacial score (nSPS) is 20.6. The highest BCUT2D eigenvalue weighted by atomic mass is 16.5. The van der Waals surface area contributed by atoms with Gasteiger partial charge in [0, 0.05) is 37.4 Å². The van der Waals surface area contributed by atoms with E-state index in [1.54, 1.807) is 18.3 Å². The Morgan fingerprint density at radius 2 is 2.16 bits per heavy atom. The molecule has 6 nitrogen and oxygen atoms in total. The molecule has 0 saturated carbocycles. The van der Waals surface area contributed by atoms with Crippen molar-refractivity contribution in [3.05, 3.63) is 59.4 Å². The second kappa shape index (κ2) is 7.63. The first-order valence-electron chi connectivity index (χ1n) is 8.27. The van der Waals surface area contributed by atoms with Crippen LogP contribution in [0.2, 0.25) is 0 Å². The number of hydrogen-bond donors (Lipinski definition) is 2. The zero-order valence-corrected chi connectivity index (χ0v) is 14.1. The summed E-state index contributed by atoms with van der Waals surface area (Å²) in [6.45, 7) is 1.93. The Morgan fingerprint density at radius 1 is 1.32 bits per heavy atom. The standard InChI is InChI=1S/C19H22N2O4/c1-25-18-6-5-13(8-16(18)19(23)24)10-21-11-14(17(22)12-21)9-15-4-2-3-7-20-15/h2-8,14,17,22H,9-12H2,1H3,(H,23,24)/t14-,17-/m1/s1. The van der Waals surface area contributed by atoms with Crippen LogP contribution in [0.5, 0.6) is 5.75 Å². The van der Waals surface area contributed by atoms with Crippen molar-refractivity contribution in [1.82, 2.24) is 9.88 Å². The Morgan fingerprint density at radius 3 is 2.84 bits per heavy atom. The molecule has 0 spiro atoms. The van der Waals surface area contributed by atoms with E-state index in [-0.39, 0.29) is 11.5 Å². The topological polar surface area (TPSA) is 82.9 Å². The molecule has 2 heterocycles. The van der Waals surface area contributed by atoms with E-state index in [9.17, 15) is 15.0 Å². The molecule has 0 aliphatic carbocycles. The molecule has 0 unspecified atom stereocenters. The van der Waals surface area contributed by atoms with Crippen LogP contribution >= 0.6 is 0 Å². The Balaban J connectivity index is 1.66. The zero-order valence-electron chi connectivity index (χ0n) is 14.1. The number of β-amino-alcohol motifs (C(OH)–C–C–N with tert-alkyl or cyclic N) is 1. The van der Waals surface area contributed by atoms with Crippen molar-refractivity contribution in [3.8, 4) is 5.75 Å². The van der Waals surface area contributed by atoms with Crippen molar-refractivity contribution in [2.24, 2.45) is 5.92 Å². The van der Waals surface area contributed by atoms with Crippen molar-refractivity contribution in [3.63, 3.8) is 0 Å². The van der Waals surface area contributed by atoms with Gasteiger partial charge in [-0.1, -0.05) is 12.1 Å². The van der Waals surface area contributed by atoms with Gasteiger partial charge in [-0.05, 0) is 36.2 Å². The number of likely N-dealkylation sites (tertiary alicyclic amines) is 1. The number of carboxylic acid groups (broad SMARTS) is 1. The minimum Gasteiger partial charge on any atom is -0.496 e. The average molecular weight is 342 g/mol. The summed E-state index contributed by atoms with van der Waals surface area (Å²) in [5, 5.41) is 19.6. The molecule has 1 aliphatic heterocycles. The van der Waals surface area contributed by atoms with Crippen molar-refractivity contribution in [1.29, 1.82) is 0 Å². The molecular weight excluding hydrogens is 320 g/mol. The second-order valence-corrected chi connectivity index (χ2v) is 6.39. The minimum atomic E-state index is -1.01. The predicted molar refractivity (Wildman–Crippen MR) is 92.7 cm³/mol. The third-order valence-corrected chi connectivity index (χ3v) is 4.58. The maximum absolute atomic E-state index is 11.3. The van der Waals surface area contributed by atoms with Gasteiger partial charge in [0.1, 0.15) is 11.3 Å². The maximum Gasteiger partial charge on any atom is 0.339 e. The largest absolute Gasteiger partial charge is 0.496 e. The predicted octanol–water partition coefficient (Wildman–Crippen LogP) is 1.82. The van der Waals surface area contributed by atoms with Crippen molar-refractivity contribution >= 4 is 5.97 Å². The number of aliphatic hydroxyl groups excluding tert-OH is 1. The maximum atomic E-state index is 11.3. The van der Waals surface area contributed by atoms with Crippen LogP contribution in [0.4, 0.5) is 0 Å². The zero-order chi connectivity index (χ0) is 17.8. The fraction of sp³-hybridized carbons (Fsp3) is 0.368. The lowest BCUT2D eigenvalue weighted by Crippen LogP contribution is -2.21. The van der Waals surface area contributed by atoms with Gasteiger partial charge in [0.15, 0.2) is 0 Å². The van der Waals surface area contributed by atoms with E-state index in [4.69, 9.17) is 4.74 Å². The Hall–Kier alpha value is -2.44. The van der Waals surface area contributed by atoms with Crippen LogP contribution < -0.4 is 4.74 Å². The minimum absolute atomic E-state index is 0.132. The summed E-state index contributed by atoms with van der Waals surface area (Å²) in [5.41, 5.74) is 2.03. The summed E-state index contributed by atoms with van der Waals surface area (Å²) in [7, 11) is 1.46. The van der Waals surface area contributed by atoms with Crippen LogP contribution in [0.1, 0.15) is 21.6 Å². The van der Waals surface area contributed by atoms with E-state index in [0.29, 0.717) is 18.8 Å². The number of methoxy groups -OCH3 is 1. The lowest BCUT2D eigenvalue weighted by atomic mass is 10.00. The van der Waals surface area contributed by atoms with E-state index >= 15 is 0 Å². The molecule has 25 heavy (non-hydrogen) atoms. The van der Waals surface area contributed by atoms with Crippen molar-refractivity contribution < 1.29 is 19.7 Å². The summed E-state index contributed by atoms with van der Waals surface area (Å²) in [5.74, 6) is -0.522. The van der Waals surface area contributed by atoms with Gasteiger partial charge in [-0.25, -0.2) is 4.79 Å². The lowest BCUT2D eigenvalue weighted by molar-refractivity contribution is 0.0693. The monoisotopic (exact) mass is 342 g/mol. The van der Waals surface area contributed by atoms with Crippen LogP contribution in [0.15, 0.2) is 42.6 Å². The Bertz CT molecular complexity index is 735. The first-order chi connectivity index (χ1) is 12.1. The molecule has 1 fully saturated rings. The summed E-state index contributed by atoms with van der Waals surface area (Å²) in [4.78, 5) is 17.8. The number of benzene rings is 1. The third-order valence-electron chi connectivity index (χ3n) is 4.58. The molecule has 0 amide bonds. The second-order valence-electron chi connectivity index (χ2n) is 6.39. The molecule has 2 N–H and O–H groups in total. The van der Waals surface area contributed by atoms with Gasteiger partial charge in [-0.15, -0.1) is 0 Å². The molecule has 6 heteroatoms. The van der Waals surface area contributed by atoms with Crippen LogP contribution in [0.3, 0.4) is 0 Å². The van der Waals surface area contributed by atoms with E-state index in [0.717, 1.165) is 24.2 Å². The average Bonchev–Trinajstić information content (AvgIpc) is 2.94. The molecule has 1 aromatic heterocycles. The van der Waals surface area contributed by atoms with Gasteiger partial charge in [0.05, 0.1) is 13.2 Å². The highest BCUT2D eigenvalue weighted by molar-refractivity contribution is 5.91. The van der Waals surface area contributed by atoms with Crippen molar-refractivity contribution in [2.45, 2.75) is 19.1 Å². The summed E-state index contributed by atoms with van der Waals surface area (Å²) < 4.78 is 5.09. The van der Waals surface area contributed by atoms with Crippen LogP contribution in [-0.2, 0) is 13.0 Å². The Kier molecular flexibility index (Phi) is 5.31. The number of nitrogens with zero attached hydrogens (tertiary/aromatic N) is 2. The van der Waals surface area contributed by atoms with Gasteiger partial charge in [0.25, 0.3) is 0 Å². The Labute approximate surface area is 146 Å². The summed E-state index contributed by atoms with van der Waals surface area (Å²) in [6.07, 6.45) is 2.10. The fourth-order valence-corrected chi connectivity index (χ4v) is 3.34. The molecular formula is C19H22N2O4. The molecule has 2 atom stereocenters. The van der Waals surface area contributed by atoms with Gasteiger partial charge < -0.3 is 14.9 Å². The number of pyridine rings is 1. The van der Waals surface area contributed by atoms with Crippen LogP contribution in [-0.4, -0.2) is 52.4 Å². The SMILES string of the molecule is COc1ccc(CN2C[C@@H](Cc3ccccn3)[C@H](O)C2)cc1C(=O)O.